The molecule has 1 heterocycles. The van der Waals surface area contributed by atoms with Gasteiger partial charge in [-0.1, -0.05) is 11.6 Å². The molecule has 8 heteroatoms. The van der Waals surface area contributed by atoms with Gasteiger partial charge in [-0.25, -0.2) is 13.2 Å². The Bertz CT molecular complexity index is 754. The Balaban J connectivity index is 2.54. The van der Waals surface area contributed by atoms with Gasteiger partial charge in [-0.2, -0.15) is 11.3 Å². The van der Waals surface area contributed by atoms with Gasteiger partial charge in [0.2, 0.25) is 0 Å². The van der Waals surface area contributed by atoms with Crippen LogP contribution in [-0.2, 0) is 10.0 Å². The highest BCUT2D eigenvalue weighted by Crippen LogP contribution is 2.26. The third-order valence-corrected chi connectivity index (χ3v) is 5.03. The average molecular weight is 332 g/mol. The molecule has 0 fully saturated rings. The van der Waals surface area contributed by atoms with Crippen LogP contribution in [0.4, 0.5) is 5.69 Å². The highest BCUT2D eigenvalue weighted by Gasteiger charge is 2.22. The van der Waals surface area contributed by atoms with E-state index >= 15 is 0 Å². The zero-order chi connectivity index (χ0) is 14.9. The predicted octanol–water partition coefficient (Wildman–Crippen LogP) is 3.21. The van der Waals surface area contributed by atoms with Gasteiger partial charge < -0.3 is 5.11 Å². The molecule has 0 amide bonds. The van der Waals surface area contributed by atoms with Crippen molar-refractivity contribution in [1.82, 2.24) is 0 Å². The van der Waals surface area contributed by atoms with E-state index in [-0.39, 0.29) is 21.0 Å². The zero-order valence-corrected chi connectivity index (χ0v) is 12.6. The van der Waals surface area contributed by atoms with Crippen LogP contribution in [0, 0.1) is 6.92 Å². The standard InChI is InChI=1S/C12H10ClNO4S2/c1-7-10(12(15)16)4-8(13)5-11(7)20(17,18)14-9-2-3-19-6-9/h2-6,14H,1H3,(H,15,16). The molecule has 0 aliphatic heterocycles. The molecule has 2 N–H and O–H groups in total. The lowest BCUT2D eigenvalue weighted by molar-refractivity contribution is 0.0696. The van der Waals surface area contributed by atoms with Crippen LogP contribution in [-0.4, -0.2) is 19.5 Å². The van der Waals surface area contributed by atoms with Crippen LogP contribution in [0.15, 0.2) is 33.9 Å². The molecule has 20 heavy (non-hydrogen) atoms. The average Bonchev–Trinajstić information content (AvgIpc) is 2.83. The van der Waals surface area contributed by atoms with Gasteiger partial charge in [0.15, 0.2) is 0 Å². The van der Waals surface area contributed by atoms with Crippen LogP contribution >= 0.6 is 22.9 Å². The number of hydrogen-bond acceptors (Lipinski definition) is 4. The van der Waals surface area contributed by atoms with Gasteiger partial charge in [0, 0.05) is 10.4 Å². The number of thiophene rings is 1. The largest absolute Gasteiger partial charge is 0.478 e. The van der Waals surface area contributed by atoms with Crippen LogP contribution in [0.2, 0.25) is 5.02 Å². The van der Waals surface area contributed by atoms with Crippen LogP contribution < -0.4 is 4.72 Å². The maximum atomic E-state index is 12.3. The van der Waals surface area contributed by atoms with Crippen molar-refractivity contribution in [3.8, 4) is 0 Å². The monoisotopic (exact) mass is 331 g/mol. The van der Waals surface area contributed by atoms with Gasteiger partial charge in [0.25, 0.3) is 10.0 Å². The number of hydrogen-bond donors (Lipinski definition) is 2. The first-order valence-corrected chi connectivity index (χ1v) is 8.20. The fraction of sp³-hybridized carbons (Fsp3) is 0.0833. The van der Waals surface area contributed by atoms with Gasteiger partial charge in [0.1, 0.15) is 0 Å². The Morgan fingerprint density at radius 3 is 2.65 bits per heavy atom. The Labute approximate surface area is 124 Å². The molecule has 1 aromatic carbocycles. The molecule has 5 nitrogen and oxygen atoms in total. The predicted molar refractivity (Wildman–Crippen MR) is 78.3 cm³/mol. The second-order valence-corrected chi connectivity index (χ2v) is 6.87. The summed E-state index contributed by atoms with van der Waals surface area (Å²) in [6.07, 6.45) is 0. The summed E-state index contributed by atoms with van der Waals surface area (Å²) in [4.78, 5) is 11.0. The van der Waals surface area contributed by atoms with E-state index in [1.807, 2.05) is 0 Å². The maximum Gasteiger partial charge on any atom is 0.336 e. The van der Waals surface area contributed by atoms with Gasteiger partial charge in [-0.05, 0) is 36.1 Å². The number of halogens is 1. The number of benzene rings is 1. The Morgan fingerprint density at radius 2 is 2.10 bits per heavy atom. The quantitative estimate of drug-likeness (QED) is 0.901. The first kappa shape index (κ1) is 14.8. The topological polar surface area (TPSA) is 83.5 Å². The maximum absolute atomic E-state index is 12.3. The second kappa shape index (κ2) is 5.43. The summed E-state index contributed by atoms with van der Waals surface area (Å²) in [6, 6.07) is 4.07. The molecule has 0 saturated heterocycles. The van der Waals surface area contributed by atoms with Crippen molar-refractivity contribution in [2.75, 3.05) is 4.72 Å². The molecule has 0 radical (unpaired) electrons. The SMILES string of the molecule is Cc1c(C(=O)O)cc(Cl)cc1S(=O)(=O)Nc1ccsc1. The van der Waals surface area contributed by atoms with Crippen LogP contribution in [0.5, 0.6) is 0 Å². The first-order valence-electron chi connectivity index (χ1n) is 5.40. The van der Waals surface area contributed by atoms with Crippen molar-refractivity contribution in [1.29, 1.82) is 0 Å². The van der Waals surface area contributed by atoms with Crippen molar-refractivity contribution in [3.63, 3.8) is 0 Å². The number of anilines is 1. The van der Waals surface area contributed by atoms with Gasteiger partial charge in [-0.15, -0.1) is 0 Å². The number of carboxylic acids is 1. The van der Waals surface area contributed by atoms with E-state index in [0.29, 0.717) is 5.69 Å². The molecular formula is C12H10ClNO4S2. The van der Waals surface area contributed by atoms with E-state index in [4.69, 9.17) is 16.7 Å². The summed E-state index contributed by atoms with van der Waals surface area (Å²) >= 11 is 7.14. The minimum Gasteiger partial charge on any atom is -0.478 e. The van der Waals surface area contributed by atoms with E-state index in [1.165, 1.54) is 30.4 Å². The first-order chi connectivity index (χ1) is 9.31. The fourth-order valence-corrected chi connectivity index (χ4v) is 3.98. The fourth-order valence-electron chi connectivity index (χ4n) is 1.69. The summed E-state index contributed by atoms with van der Waals surface area (Å²) in [5, 5.41) is 12.5. The molecule has 0 aliphatic carbocycles. The molecule has 0 spiro atoms. The molecule has 2 rings (SSSR count). The lowest BCUT2D eigenvalue weighted by Gasteiger charge is -2.11. The van der Waals surface area contributed by atoms with Crippen LogP contribution in [0.1, 0.15) is 15.9 Å². The molecule has 0 saturated carbocycles. The van der Waals surface area contributed by atoms with Crippen molar-refractivity contribution in [2.45, 2.75) is 11.8 Å². The van der Waals surface area contributed by atoms with Crippen LogP contribution in [0.3, 0.4) is 0 Å². The Hall–Kier alpha value is -1.57. The molecule has 0 unspecified atom stereocenters. The minimum absolute atomic E-state index is 0.0543. The van der Waals surface area contributed by atoms with Gasteiger partial charge >= 0.3 is 5.97 Å². The lowest BCUT2D eigenvalue weighted by Crippen LogP contribution is -2.15. The zero-order valence-electron chi connectivity index (χ0n) is 10.3. The van der Waals surface area contributed by atoms with Crippen molar-refractivity contribution >= 4 is 44.6 Å². The molecule has 0 aliphatic rings. The normalized spacial score (nSPS) is 11.3. The van der Waals surface area contributed by atoms with Crippen molar-refractivity contribution in [2.24, 2.45) is 0 Å². The number of aromatic carboxylic acids is 1. The van der Waals surface area contributed by atoms with E-state index in [0.717, 1.165) is 0 Å². The van der Waals surface area contributed by atoms with Crippen molar-refractivity contribution in [3.05, 3.63) is 45.1 Å². The third kappa shape index (κ3) is 2.95. The number of carboxylic acid groups (broad SMARTS) is 1. The molecule has 0 bridgehead atoms. The highest BCUT2D eigenvalue weighted by molar-refractivity contribution is 7.92. The number of sulfonamides is 1. The summed E-state index contributed by atoms with van der Waals surface area (Å²) < 4.78 is 27.0. The van der Waals surface area contributed by atoms with E-state index < -0.39 is 16.0 Å². The molecule has 0 atom stereocenters. The van der Waals surface area contributed by atoms with E-state index in [2.05, 4.69) is 4.72 Å². The molecule has 1 aromatic heterocycles. The Kier molecular flexibility index (Phi) is 4.03. The number of carbonyl (C=O) groups is 1. The molecule has 106 valence electrons. The second-order valence-electron chi connectivity index (χ2n) is 4.00. The highest BCUT2D eigenvalue weighted by atomic mass is 35.5. The van der Waals surface area contributed by atoms with E-state index in [1.54, 1.807) is 16.8 Å². The smallest absolute Gasteiger partial charge is 0.336 e. The number of rotatable bonds is 4. The van der Waals surface area contributed by atoms with Crippen molar-refractivity contribution < 1.29 is 18.3 Å². The van der Waals surface area contributed by atoms with E-state index in [9.17, 15) is 13.2 Å². The molecule has 2 aromatic rings. The lowest BCUT2D eigenvalue weighted by atomic mass is 10.1. The summed E-state index contributed by atoms with van der Waals surface area (Å²) in [5.41, 5.74) is 0.430. The minimum atomic E-state index is -3.88. The number of nitrogens with one attached hydrogen (secondary N) is 1. The third-order valence-electron chi connectivity index (χ3n) is 2.62. The summed E-state index contributed by atoms with van der Waals surface area (Å²) in [7, 11) is -3.88. The molecular weight excluding hydrogens is 322 g/mol. The van der Waals surface area contributed by atoms with Gasteiger partial charge in [-0.3, -0.25) is 4.72 Å². The Morgan fingerprint density at radius 1 is 1.40 bits per heavy atom. The van der Waals surface area contributed by atoms with Crippen LogP contribution in [0.25, 0.3) is 0 Å². The summed E-state index contributed by atoms with van der Waals surface area (Å²) in [6.45, 7) is 1.43. The summed E-state index contributed by atoms with van der Waals surface area (Å²) in [5.74, 6) is -1.23. The van der Waals surface area contributed by atoms with Gasteiger partial charge in [0.05, 0.1) is 16.1 Å².